The first-order valence-corrected chi connectivity index (χ1v) is 8.21. The summed E-state index contributed by atoms with van der Waals surface area (Å²) < 4.78 is 2.04. The van der Waals surface area contributed by atoms with Crippen molar-refractivity contribution < 1.29 is 4.79 Å². The van der Waals surface area contributed by atoms with E-state index < -0.39 is 0 Å². The Hall–Kier alpha value is -2.34. The van der Waals surface area contributed by atoms with Gasteiger partial charge in [-0.05, 0) is 42.5 Å². The van der Waals surface area contributed by atoms with Crippen molar-refractivity contribution in [2.24, 2.45) is 0 Å². The highest BCUT2D eigenvalue weighted by atomic mass is 32.1. The van der Waals surface area contributed by atoms with Crippen LogP contribution in [-0.2, 0) is 6.54 Å². The maximum Gasteiger partial charge on any atom is 0.323 e. The molecule has 0 aromatic carbocycles. The molecule has 112 valence electrons. The number of imidazole rings is 1. The van der Waals surface area contributed by atoms with Crippen molar-refractivity contribution in [3.8, 4) is 0 Å². The highest BCUT2D eigenvalue weighted by molar-refractivity contribution is 7.14. The van der Waals surface area contributed by atoms with Gasteiger partial charge in [0.15, 0.2) is 0 Å². The molecule has 6 heteroatoms. The van der Waals surface area contributed by atoms with Gasteiger partial charge in [-0.25, -0.2) is 9.78 Å². The van der Waals surface area contributed by atoms with Gasteiger partial charge < -0.3 is 9.30 Å². The summed E-state index contributed by atoms with van der Waals surface area (Å²) >= 11 is 1.54. The van der Waals surface area contributed by atoms with Gasteiger partial charge in [-0.1, -0.05) is 6.07 Å². The third-order valence-electron chi connectivity index (χ3n) is 3.83. The summed E-state index contributed by atoms with van der Waals surface area (Å²) in [4.78, 5) is 18.9. The van der Waals surface area contributed by atoms with Crippen molar-refractivity contribution in [3.05, 3.63) is 53.8 Å². The number of hydrogen-bond donors (Lipinski definition) is 1. The van der Waals surface area contributed by atoms with E-state index in [0.717, 1.165) is 29.2 Å². The summed E-state index contributed by atoms with van der Waals surface area (Å²) in [7, 11) is 0. The van der Waals surface area contributed by atoms with Gasteiger partial charge in [0, 0.05) is 12.2 Å². The Bertz CT molecular complexity index is 791. The summed E-state index contributed by atoms with van der Waals surface area (Å²) in [6.45, 7) is 0.576. The average molecular weight is 312 g/mol. The molecule has 22 heavy (non-hydrogen) atoms. The smallest absolute Gasteiger partial charge is 0.316 e. The molecule has 4 rings (SSSR count). The van der Waals surface area contributed by atoms with Gasteiger partial charge in [-0.15, -0.1) is 11.3 Å². The Morgan fingerprint density at radius 2 is 2.27 bits per heavy atom. The van der Waals surface area contributed by atoms with Gasteiger partial charge in [-0.3, -0.25) is 5.32 Å². The molecule has 1 fully saturated rings. The summed E-state index contributed by atoms with van der Waals surface area (Å²) in [5, 5.41) is 5.82. The third-order valence-corrected chi connectivity index (χ3v) is 4.61. The fraction of sp³-hybridized carbons (Fsp3) is 0.250. The molecule has 0 atom stereocenters. The summed E-state index contributed by atoms with van der Waals surface area (Å²) in [6.07, 6.45) is 5.99. The number of nitrogens with one attached hydrogen (secondary N) is 1. The number of anilines is 1. The minimum atomic E-state index is -0.0316. The second-order valence-electron chi connectivity index (χ2n) is 5.44. The molecule has 0 bridgehead atoms. The van der Waals surface area contributed by atoms with Crippen LogP contribution >= 0.6 is 11.3 Å². The van der Waals surface area contributed by atoms with E-state index in [1.807, 2.05) is 57.4 Å². The third kappa shape index (κ3) is 2.57. The van der Waals surface area contributed by atoms with Crippen molar-refractivity contribution in [2.75, 3.05) is 5.32 Å². The molecule has 5 nitrogen and oxygen atoms in total. The number of rotatable bonds is 4. The van der Waals surface area contributed by atoms with Crippen molar-refractivity contribution in [1.82, 2.24) is 14.3 Å². The van der Waals surface area contributed by atoms with E-state index in [1.165, 1.54) is 11.3 Å². The fourth-order valence-electron chi connectivity index (χ4n) is 2.56. The Labute approximate surface area is 132 Å². The van der Waals surface area contributed by atoms with Gasteiger partial charge in [-0.2, -0.15) is 0 Å². The summed E-state index contributed by atoms with van der Waals surface area (Å²) in [5.74, 6) is 0. The lowest BCUT2D eigenvalue weighted by molar-refractivity contribution is 0.205. The number of fused-ring (bicyclic) bond motifs is 1. The molecule has 3 aromatic rings. The van der Waals surface area contributed by atoms with Gasteiger partial charge in [0.2, 0.25) is 0 Å². The molecule has 0 saturated heterocycles. The number of urea groups is 1. The van der Waals surface area contributed by atoms with Crippen LogP contribution < -0.4 is 5.32 Å². The van der Waals surface area contributed by atoms with Crippen molar-refractivity contribution in [3.63, 3.8) is 0 Å². The zero-order chi connectivity index (χ0) is 14.9. The molecule has 0 spiro atoms. The molecule has 0 aliphatic heterocycles. The van der Waals surface area contributed by atoms with Crippen LogP contribution in [0.2, 0.25) is 0 Å². The number of hydrogen-bond acceptors (Lipinski definition) is 3. The van der Waals surface area contributed by atoms with Gasteiger partial charge in [0.05, 0.1) is 23.4 Å². The number of thiophene rings is 1. The lowest BCUT2D eigenvalue weighted by Gasteiger charge is -2.22. The molecule has 1 aliphatic carbocycles. The molecular formula is C16H16N4OS. The van der Waals surface area contributed by atoms with Crippen LogP contribution in [0.1, 0.15) is 18.5 Å². The molecule has 1 aliphatic rings. The second kappa shape index (κ2) is 5.46. The average Bonchev–Trinajstić information content (AvgIpc) is 3.08. The molecule has 1 N–H and O–H groups in total. The highest BCUT2D eigenvalue weighted by Crippen LogP contribution is 2.29. The highest BCUT2D eigenvalue weighted by Gasteiger charge is 2.33. The first kappa shape index (κ1) is 13.3. The van der Waals surface area contributed by atoms with E-state index in [1.54, 1.807) is 0 Å². The normalized spacial score (nSPS) is 14.2. The molecule has 1 saturated carbocycles. The number of nitrogens with zero attached hydrogens (tertiary/aromatic N) is 3. The number of amides is 2. The number of pyridine rings is 1. The first-order chi connectivity index (χ1) is 10.8. The lowest BCUT2D eigenvalue weighted by Crippen LogP contribution is -2.36. The first-order valence-electron chi connectivity index (χ1n) is 7.33. The van der Waals surface area contributed by atoms with Crippen LogP contribution in [0.25, 0.3) is 5.65 Å². The molecule has 3 aromatic heterocycles. The van der Waals surface area contributed by atoms with Crippen LogP contribution in [0, 0.1) is 0 Å². The van der Waals surface area contributed by atoms with Gasteiger partial charge in [0.25, 0.3) is 0 Å². The predicted octanol–water partition coefficient (Wildman–Crippen LogP) is 3.59. The maximum absolute atomic E-state index is 12.5. The minimum Gasteiger partial charge on any atom is -0.316 e. The topological polar surface area (TPSA) is 49.6 Å². The van der Waals surface area contributed by atoms with Crippen LogP contribution in [0.4, 0.5) is 9.80 Å². The number of aromatic nitrogens is 2. The molecule has 0 unspecified atom stereocenters. The van der Waals surface area contributed by atoms with E-state index >= 15 is 0 Å². The van der Waals surface area contributed by atoms with Crippen molar-refractivity contribution >= 4 is 28.0 Å². The van der Waals surface area contributed by atoms with E-state index in [2.05, 4.69) is 10.3 Å². The maximum atomic E-state index is 12.5. The van der Waals surface area contributed by atoms with Crippen LogP contribution in [0.15, 0.2) is 48.1 Å². The monoisotopic (exact) mass is 312 g/mol. The van der Waals surface area contributed by atoms with Gasteiger partial charge >= 0.3 is 6.03 Å². The zero-order valence-electron chi connectivity index (χ0n) is 12.0. The Kier molecular flexibility index (Phi) is 3.31. The number of carbonyl (C=O) groups excluding carboxylic acids is 1. The molecule has 2 amide bonds. The largest absolute Gasteiger partial charge is 0.323 e. The molecule has 3 heterocycles. The Balaban J connectivity index is 1.56. The SMILES string of the molecule is O=C(Nc1cccs1)N(Cc1cnc2ccccn12)C1CC1. The summed E-state index contributed by atoms with van der Waals surface area (Å²) in [6, 6.07) is 10.1. The van der Waals surface area contributed by atoms with E-state index in [0.29, 0.717) is 12.6 Å². The van der Waals surface area contributed by atoms with E-state index in [9.17, 15) is 4.79 Å². The lowest BCUT2D eigenvalue weighted by atomic mass is 10.4. The quantitative estimate of drug-likeness (QED) is 0.800. The zero-order valence-corrected chi connectivity index (χ0v) is 12.8. The summed E-state index contributed by atoms with van der Waals surface area (Å²) in [5.41, 5.74) is 1.94. The molecule has 0 radical (unpaired) electrons. The van der Waals surface area contributed by atoms with Crippen molar-refractivity contribution in [1.29, 1.82) is 0 Å². The van der Waals surface area contributed by atoms with Crippen LogP contribution in [0.5, 0.6) is 0 Å². The van der Waals surface area contributed by atoms with Gasteiger partial charge in [0.1, 0.15) is 5.65 Å². The Morgan fingerprint density at radius 3 is 3.05 bits per heavy atom. The second-order valence-corrected chi connectivity index (χ2v) is 6.39. The predicted molar refractivity (Wildman–Crippen MR) is 87.1 cm³/mol. The molecular weight excluding hydrogens is 296 g/mol. The minimum absolute atomic E-state index is 0.0316. The standard InChI is InChI=1S/C16H16N4OS/c21-16(18-15-5-3-9-22-15)20(12-6-7-12)11-13-10-17-14-4-1-2-8-19(13)14/h1-5,8-10,12H,6-7,11H2,(H,18,21). The van der Waals surface area contributed by atoms with E-state index in [-0.39, 0.29) is 6.03 Å². The fourth-order valence-corrected chi connectivity index (χ4v) is 3.16. The van der Waals surface area contributed by atoms with Crippen molar-refractivity contribution in [2.45, 2.75) is 25.4 Å². The van der Waals surface area contributed by atoms with Crippen LogP contribution in [0.3, 0.4) is 0 Å². The number of carbonyl (C=O) groups is 1. The van der Waals surface area contributed by atoms with E-state index in [4.69, 9.17) is 0 Å². The van der Waals surface area contributed by atoms with Crippen LogP contribution in [-0.4, -0.2) is 26.4 Å². The Morgan fingerprint density at radius 1 is 1.36 bits per heavy atom.